The fraction of sp³-hybridized carbons (Fsp3) is 0.209. The normalized spacial score (nSPS) is 15.4. The molecule has 0 N–H and O–H groups in total. The van der Waals surface area contributed by atoms with E-state index in [-0.39, 0.29) is 12.1 Å². The Labute approximate surface area is 275 Å². The van der Waals surface area contributed by atoms with Gasteiger partial charge in [0.15, 0.2) is 0 Å². The quantitative estimate of drug-likeness (QED) is 0.147. The molecular formula is C43H43BN2. The summed E-state index contributed by atoms with van der Waals surface area (Å²) in [6, 6.07) is 28.0. The SMILES string of the molecule is C=C/C=C(\C=C)C1=CCCC=C1N1c2ccc(C(C)(C)C)cc2B2c3cc(C)ccc3N(c3ccc(C)cc3)c3cc(C)cc1c32. The van der Waals surface area contributed by atoms with Crippen LogP contribution in [0.3, 0.4) is 0 Å². The lowest BCUT2D eigenvalue weighted by Crippen LogP contribution is -2.62. The maximum Gasteiger partial charge on any atom is 0.252 e. The maximum absolute atomic E-state index is 4.20. The van der Waals surface area contributed by atoms with Gasteiger partial charge < -0.3 is 9.80 Å². The smallest absolute Gasteiger partial charge is 0.252 e. The molecule has 0 amide bonds. The minimum absolute atomic E-state index is 0.0200. The fourth-order valence-corrected chi connectivity index (χ4v) is 7.49. The van der Waals surface area contributed by atoms with Crippen molar-refractivity contribution in [3.05, 3.63) is 155 Å². The highest BCUT2D eigenvalue weighted by molar-refractivity contribution is 7.00. The highest BCUT2D eigenvalue weighted by atomic mass is 15.2. The van der Waals surface area contributed by atoms with E-state index in [1.807, 2.05) is 12.2 Å². The molecule has 0 atom stereocenters. The highest BCUT2D eigenvalue weighted by Crippen LogP contribution is 2.45. The Hall–Kier alpha value is -4.76. The predicted molar refractivity (Wildman–Crippen MR) is 201 cm³/mol. The Morgan fingerprint density at radius 2 is 1.33 bits per heavy atom. The molecule has 228 valence electrons. The molecule has 2 aliphatic heterocycles. The second-order valence-corrected chi connectivity index (χ2v) is 14.1. The third kappa shape index (κ3) is 4.81. The molecule has 0 unspecified atom stereocenters. The molecule has 2 nitrogen and oxygen atoms in total. The largest absolute Gasteiger partial charge is 0.311 e. The van der Waals surface area contributed by atoms with Crippen LogP contribution in [0.2, 0.25) is 0 Å². The molecule has 3 aliphatic rings. The van der Waals surface area contributed by atoms with Crippen LogP contribution in [0.15, 0.2) is 133 Å². The van der Waals surface area contributed by atoms with Crippen molar-refractivity contribution in [1.29, 1.82) is 0 Å². The number of allylic oxidation sites excluding steroid dienone is 6. The van der Waals surface area contributed by atoms with Crippen LogP contribution in [-0.2, 0) is 5.41 Å². The lowest BCUT2D eigenvalue weighted by molar-refractivity contribution is 0.591. The Morgan fingerprint density at radius 1 is 0.696 bits per heavy atom. The average Bonchev–Trinajstić information content (AvgIpc) is 3.03. The summed E-state index contributed by atoms with van der Waals surface area (Å²) >= 11 is 0. The minimum atomic E-state index is 0.0200. The number of rotatable bonds is 5. The van der Waals surface area contributed by atoms with Crippen molar-refractivity contribution in [2.45, 2.75) is 59.8 Å². The lowest BCUT2D eigenvalue weighted by Gasteiger charge is -2.46. The van der Waals surface area contributed by atoms with Crippen LogP contribution in [-0.4, -0.2) is 6.71 Å². The maximum atomic E-state index is 4.20. The van der Waals surface area contributed by atoms with Gasteiger partial charge >= 0.3 is 0 Å². The van der Waals surface area contributed by atoms with Gasteiger partial charge in [-0.2, -0.15) is 0 Å². The number of hydrogen-bond acceptors (Lipinski definition) is 2. The standard InChI is InChI=1S/C43H43BN2/c1-9-13-31(10-2)34-14-11-12-15-37(34)46-39-23-19-32(43(6,7)8)27-36(39)44-35-24-29(4)18-22-38(35)45(33-20-16-28(3)17-21-33)40-25-30(5)26-41(46)42(40)44/h9-10,13-27H,1-2,11-12H2,3-8H3/b31-13+. The van der Waals surface area contributed by atoms with E-state index in [0.29, 0.717) is 0 Å². The van der Waals surface area contributed by atoms with Crippen molar-refractivity contribution >= 4 is 51.5 Å². The summed E-state index contributed by atoms with van der Waals surface area (Å²) in [4.78, 5) is 5.04. The van der Waals surface area contributed by atoms with E-state index in [4.69, 9.17) is 0 Å². The molecule has 0 spiro atoms. The van der Waals surface area contributed by atoms with Gasteiger partial charge in [0, 0.05) is 39.7 Å². The number of anilines is 5. The van der Waals surface area contributed by atoms with Gasteiger partial charge in [0.1, 0.15) is 0 Å². The highest BCUT2D eigenvalue weighted by Gasteiger charge is 2.44. The molecule has 3 heteroatoms. The van der Waals surface area contributed by atoms with Crippen LogP contribution in [0.5, 0.6) is 0 Å². The topological polar surface area (TPSA) is 6.48 Å². The Morgan fingerprint density at radius 3 is 2.02 bits per heavy atom. The van der Waals surface area contributed by atoms with Gasteiger partial charge in [0.25, 0.3) is 6.71 Å². The van der Waals surface area contributed by atoms with Crippen LogP contribution in [0.1, 0.15) is 55.9 Å². The number of fused-ring (bicyclic) bond motifs is 4. The molecule has 0 saturated heterocycles. The second-order valence-electron chi connectivity index (χ2n) is 14.1. The summed E-state index contributed by atoms with van der Waals surface area (Å²) in [5, 5.41) is 0. The third-order valence-corrected chi connectivity index (χ3v) is 9.72. The van der Waals surface area contributed by atoms with E-state index in [1.165, 1.54) is 78.3 Å². The summed E-state index contributed by atoms with van der Waals surface area (Å²) < 4.78 is 0. The van der Waals surface area contributed by atoms with Gasteiger partial charge in [-0.3, -0.25) is 0 Å². The number of nitrogens with zero attached hydrogens (tertiary/aromatic N) is 2. The van der Waals surface area contributed by atoms with Crippen LogP contribution >= 0.6 is 0 Å². The number of aryl methyl sites for hydroxylation is 3. The lowest BCUT2D eigenvalue weighted by atomic mass is 9.33. The molecule has 1 aliphatic carbocycles. The molecular weight excluding hydrogens is 555 g/mol. The number of benzene rings is 4. The van der Waals surface area contributed by atoms with Gasteiger partial charge in [0.2, 0.25) is 0 Å². The first-order valence-corrected chi connectivity index (χ1v) is 16.5. The van der Waals surface area contributed by atoms with Crippen molar-refractivity contribution in [2.24, 2.45) is 0 Å². The molecule has 4 aromatic carbocycles. The predicted octanol–water partition coefficient (Wildman–Crippen LogP) is 9.56. The van der Waals surface area contributed by atoms with E-state index in [0.717, 1.165) is 18.4 Å². The zero-order chi connectivity index (χ0) is 32.3. The molecule has 7 rings (SSSR count). The van der Waals surface area contributed by atoms with Crippen LogP contribution in [0.25, 0.3) is 0 Å². The minimum Gasteiger partial charge on any atom is -0.311 e. The van der Waals surface area contributed by atoms with Crippen LogP contribution in [0.4, 0.5) is 28.4 Å². The van der Waals surface area contributed by atoms with Gasteiger partial charge in [-0.15, -0.1) is 0 Å². The first-order chi connectivity index (χ1) is 22.1. The van der Waals surface area contributed by atoms with E-state index < -0.39 is 0 Å². The zero-order valence-corrected chi connectivity index (χ0v) is 28.1. The van der Waals surface area contributed by atoms with Gasteiger partial charge in [-0.25, -0.2) is 0 Å². The molecule has 0 fully saturated rings. The van der Waals surface area contributed by atoms with E-state index in [9.17, 15) is 0 Å². The average molecular weight is 599 g/mol. The van der Waals surface area contributed by atoms with Crippen molar-refractivity contribution in [1.82, 2.24) is 0 Å². The zero-order valence-electron chi connectivity index (χ0n) is 28.1. The van der Waals surface area contributed by atoms with Crippen molar-refractivity contribution in [3.8, 4) is 0 Å². The summed E-state index contributed by atoms with van der Waals surface area (Å²) in [6.45, 7) is 21.9. The monoisotopic (exact) mass is 598 g/mol. The molecule has 0 aromatic heterocycles. The van der Waals surface area contributed by atoms with E-state index in [2.05, 4.69) is 156 Å². The van der Waals surface area contributed by atoms with E-state index in [1.54, 1.807) is 0 Å². The van der Waals surface area contributed by atoms with Crippen LogP contribution < -0.4 is 26.2 Å². The first-order valence-electron chi connectivity index (χ1n) is 16.5. The number of hydrogen-bond donors (Lipinski definition) is 0. The Balaban J connectivity index is 1.59. The summed E-state index contributed by atoms with van der Waals surface area (Å²) in [5.41, 5.74) is 19.0. The third-order valence-electron chi connectivity index (χ3n) is 9.72. The van der Waals surface area contributed by atoms with Gasteiger partial charge in [-0.1, -0.05) is 112 Å². The van der Waals surface area contributed by atoms with E-state index >= 15 is 0 Å². The van der Waals surface area contributed by atoms with Crippen molar-refractivity contribution in [3.63, 3.8) is 0 Å². The second kappa shape index (κ2) is 11.2. The molecule has 4 aromatic rings. The summed E-state index contributed by atoms with van der Waals surface area (Å²) in [7, 11) is 0. The van der Waals surface area contributed by atoms with Crippen molar-refractivity contribution in [2.75, 3.05) is 9.80 Å². The molecule has 2 heterocycles. The Kier molecular flexibility index (Phi) is 7.32. The Bertz CT molecular complexity index is 2000. The summed E-state index contributed by atoms with van der Waals surface area (Å²) in [5.74, 6) is 0. The fourth-order valence-electron chi connectivity index (χ4n) is 7.49. The molecule has 0 saturated carbocycles. The first kappa shape index (κ1) is 29.9. The molecule has 46 heavy (non-hydrogen) atoms. The van der Waals surface area contributed by atoms with Crippen molar-refractivity contribution < 1.29 is 0 Å². The van der Waals surface area contributed by atoms with Gasteiger partial charge in [-0.05, 0) is 109 Å². The summed E-state index contributed by atoms with van der Waals surface area (Å²) in [6.07, 6.45) is 12.7. The molecule has 0 bridgehead atoms. The van der Waals surface area contributed by atoms with Crippen LogP contribution in [0, 0.1) is 20.8 Å². The van der Waals surface area contributed by atoms with Gasteiger partial charge in [0.05, 0.1) is 0 Å². The molecule has 0 radical (unpaired) electrons.